The number of oxazole rings is 1. The molecule has 0 saturated carbocycles. The predicted octanol–water partition coefficient (Wildman–Crippen LogP) is 2.07. The fraction of sp³-hybridized carbons (Fsp3) is 0.600. The van der Waals surface area contributed by atoms with Crippen molar-refractivity contribution < 1.29 is 19.1 Å². The molecule has 0 aliphatic rings. The Bertz CT molecular complexity index is 362. The second kappa shape index (κ2) is 3.92. The van der Waals surface area contributed by atoms with Crippen molar-refractivity contribution in [1.29, 1.82) is 0 Å². The van der Waals surface area contributed by atoms with Crippen LogP contribution in [0.2, 0.25) is 0 Å². The van der Waals surface area contributed by atoms with Crippen LogP contribution in [0.4, 0.5) is 0 Å². The first-order chi connectivity index (χ1) is 6.86. The number of hydrogen-bond donors (Lipinski definition) is 1. The Morgan fingerprint density at radius 2 is 2.13 bits per heavy atom. The summed E-state index contributed by atoms with van der Waals surface area (Å²) in [6.07, 6.45) is 0. The summed E-state index contributed by atoms with van der Waals surface area (Å²) in [6, 6.07) is 0. The average molecular weight is 213 g/mol. The smallest absolute Gasteiger partial charge is 0.362 e. The fourth-order valence-corrected chi connectivity index (χ4v) is 0.991. The zero-order chi connectivity index (χ0) is 11.6. The summed E-state index contributed by atoms with van der Waals surface area (Å²) in [5.41, 5.74) is -0.499. The highest BCUT2D eigenvalue weighted by Gasteiger charge is 2.27. The lowest BCUT2D eigenvalue weighted by Gasteiger charge is -2.11. The Labute approximate surface area is 88.1 Å². The number of ether oxygens (including phenoxy) is 1. The van der Waals surface area contributed by atoms with Gasteiger partial charge in [-0.05, 0) is 6.92 Å². The summed E-state index contributed by atoms with van der Waals surface area (Å²) in [5.74, 6) is -0.795. The first-order valence-electron chi connectivity index (χ1n) is 4.73. The quantitative estimate of drug-likeness (QED) is 0.832. The number of carboxylic acid groups (broad SMARTS) is 1. The van der Waals surface area contributed by atoms with E-state index in [0.29, 0.717) is 12.5 Å². The summed E-state index contributed by atoms with van der Waals surface area (Å²) in [6.45, 7) is 7.77. The molecule has 0 unspecified atom stereocenters. The summed E-state index contributed by atoms with van der Waals surface area (Å²) < 4.78 is 10.3. The Morgan fingerprint density at radius 1 is 1.53 bits per heavy atom. The van der Waals surface area contributed by atoms with Gasteiger partial charge in [-0.1, -0.05) is 20.8 Å². The Morgan fingerprint density at radius 3 is 2.53 bits per heavy atom. The lowest BCUT2D eigenvalue weighted by Crippen LogP contribution is -2.12. The molecule has 0 fully saturated rings. The van der Waals surface area contributed by atoms with Crippen molar-refractivity contribution in [3.05, 3.63) is 11.6 Å². The molecule has 1 rings (SSSR count). The maximum atomic E-state index is 10.8. The van der Waals surface area contributed by atoms with Crippen LogP contribution in [0, 0.1) is 0 Å². The van der Waals surface area contributed by atoms with Crippen LogP contribution in [-0.2, 0) is 5.41 Å². The van der Waals surface area contributed by atoms with Gasteiger partial charge in [0.1, 0.15) is 0 Å². The number of aromatic nitrogens is 1. The Kier molecular flexibility index (Phi) is 3.02. The summed E-state index contributed by atoms with van der Waals surface area (Å²) >= 11 is 0. The van der Waals surface area contributed by atoms with Gasteiger partial charge >= 0.3 is 11.9 Å². The van der Waals surface area contributed by atoms with E-state index in [1.54, 1.807) is 6.92 Å². The minimum Gasteiger partial charge on any atom is -0.476 e. The standard InChI is InChI=1S/C10H15NO4/c1-5-14-8-6(7(12)13)11-9(15-8)10(2,3)4/h5H2,1-4H3,(H,12,13). The molecule has 0 spiro atoms. The molecule has 5 nitrogen and oxygen atoms in total. The Balaban J connectivity index is 3.15. The first kappa shape index (κ1) is 11.6. The molecular formula is C10H15NO4. The van der Waals surface area contributed by atoms with Crippen LogP contribution in [0.3, 0.4) is 0 Å². The molecule has 0 aliphatic heterocycles. The van der Waals surface area contributed by atoms with Gasteiger partial charge in [-0.3, -0.25) is 0 Å². The van der Waals surface area contributed by atoms with E-state index in [1.165, 1.54) is 0 Å². The van der Waals surface area contributed by atoms with Crippen molar-refractivity contribution >= 4 is 5.97 Å². The zero-order valence-electron chi connectivity index (χ0n) is 9.33. The summed E-state index contributed by atoms with van der Waals surface area (Å²) in [7, 11) is 0. The van der Waals surface area contributed by atoms with Gasteiger partial charge in [-0.2, -0.15) is 0 Å². The second-order valence-corrected chi connectivity index (χ2v) is 4.14. The molecule has 1 aromatic rings. The predicted molar refractivity (Wildman–Crippen MR) is 53.3 cm³/mol. The molecule has 84 valence electrons. The summed E-state index contributed by atoms with van der Waals surface area (Å²) in [5, 5.41) is 8.87. The van der Waals surface area contributed by atoms with Crippen LogP contribution in [0.15, 0.2) is 4.42 Å². The number of carbonyl (C=O) groups is 1. The molecule has 0 amide bonds. The maximum absolute atomic E-state index is 10.8. The van der Waals surface area contributed by atoms with E-state index < -0.39 is 5.97 Å². The van der Waals surface area contributed by atoms with E-state index in [9.17, 15) is 4.79 Å². The summed E-state index contributed by atoms with van der Waals surface area (Å²) in [4.78, 5) is 14.7. The van der Waals surface area contributed by atoms with Crippen molar-refractivity contribution in [2.45, 2.75) is 33.1 Å². The molecule has 0 atom stereocenters. The van der Waals surface area contributed by atoms with Crippen LogP contribution in [0.5, 0.6) is 5.95 Å². The van der Waals surface area contributed by atoms with Gasteiger partial charge in [0, 0.05) is 5.41 Å². The van der Waals surface area contributed by atoms with Crippen LogP contribution in [0.1, 0.15) is 44.1 Å². The van der Waals surface area contributed by atoms with E-state index in [2.05, 4.69) is 4.98 Å². The topological polar surface area (TPSA) is 72.6 Å². The van der Waals surface area contributed by atoms with Crippen LogP contribution in [-0.4, -0.2) is 22.7 Å². The van der Waals surface area contributed by atoms with Crippen molar-refractivity contribution in [1.82, 2.24) is 4.98 Å². The van der Waals surface area contributed by atoms with E-state index >= 15 is 0 Å². The monoisotopic (exact) mass is 213 g/mol. The number of carboxylic acids is 1. The molecule has 0 aromatic carbocycles. The molecule has 0 bridgehead atoms. The molecule has 1 aromatic heterocycles. The largest absolute Gasteiger partial charge is 0.476 e. The van der Waals surface area contributed by atoms with E-state index in [-0.39, 0.29) is 17.1 Å². The lowest BCUT2D eigenvalue weighted by molar-refractivity contribution is 0.0683. The van der Waals surface area contributed by atoms with Crippen LogP contribution >= 0.6 is 0 Å². The highest BCUT2D eigenvalue weighted by molar-refractivity contribution is 5.87. The van der Waals surface area contributed by atoms with Crippen LogP contribution in [0.25, 0.3) is 0 Å². The van der Waals surface area contributed by atoms with Crippen molar-refractivity contribution in [3.63, 3.8) is 0 Å². The fourth-order valence-electron chi connectivity index (χ4n) is 0.991. The minimum atomic E-state index is -1.14. The SMILES string of the molecule is CCOc1oc(C(C)(C)C)nc1C(=O)O. The molecule has 1 heterocycles. The van der Waals surface area contributed by atoms with Gasteiger partial charge in [0.25, 0.3) is 0 Å². The van der Waals surface area contributed by atoms with Gasteiger partial charge < -0.3 is 14.3 Å². The third-order valence-corrected chi connectivity index (χ3v) is 1.72. The molecule has 0 saturated heterocycles. The van der Waals surface area contributed by atoms with Gasteiger partial charge in [0.05, 0.1) is 6.61 Å². The van der Waals surface area contributed by atoms with Gasteiger partial charge in [-0.15, -0.1) is 0 Å². The van der Waals surface area contributed by atoms with E-state index in [4.69, 9.17) is 14.3 Å². The van der Waals surface area contributed by atoms with Crippen LogP contribution < -0.4 is 4.74 Å². The van der Waals surface area contributed by atoms with Gasteiger partial charge in [-0.25, -0.2) is 9.78 Å². The molecule has 0 radical (unpaired) electrons. The third kappa shape index (κ3) is 2.49. The first-order valence-corrected chi connectivity index (χ1v) is 4.73. The number of aromatic carboxylic acids is 1. The molecular weight excluding hydrogens is 198 g/mol. The molecule has 15 heavy (non-hydrogen) atoms. The van der Waals surface area contributed by atoms with E-state index in [1.807, 2.05) is 20.8 Å². The Hall–Kier alpha value is -1.52. The molecule has 5 heteroatoms. The van der Waals surface area contributed by atoms with Crippen molar-refractivity contribution in [2.24, 2.45) is 0 Å². The molecule has 1 N–H and O–H groups in total. The van der Waals surface area contributed by atoms with Crippen molar-refractivity contribution in [2.75, 3.05) is 6.61 Å². The average Bonchev–Trinajstić information content (AvgIpc) is 2.48. The third-order valence-electron chi connectivity index (χ3n) is 1.72. The second-order valence-electron chi connectivity index (χ2n) is 4.14. The highest BCUT2D eigenvalue weighted by atomic mass is 16.6. The zero-order valence-corrected chi connectivity index (χ0v) is 9.33. The lowest BCUT2D eigenvalue weighted by atomic mass is 9.97. The van der Waals surface area contributed by atoms with Crippen molar-refractivity contribution in [3.8, 4) is 5.95 Å². The number of hydrogen-bond acceptors (Lipinski definition) is 4. The van der Waals surface area contributed by atoms with Gasteiger partial charge in [0.15, 0.2) is 0 Å². The maximum Gasteiger partial charge on any atom is 0.362 e. The normalized spacial score (nSPS) is 11.5. The number of rotatable bonds is 3. The molecule has 0 aliphatic carbocycles. The van der Waals surface area contributed by atoms with E-state index in [0.717, 1.165) is 0 Å². The minimum absolute atomic E-state index is 0.0186. The van der Waals surface area contributed by atoms with Gasteiger partial charge in [0.2, 0.25) is 11.6 Å². The highest BCUT2D eigenvalue weighted by Crippen LogP contribution is 2.28. The number of nitrogens with zero attached hydrogens (tertiary/aromatic N) is 1.